The molecule has 4 nitrogen and oxygen atoms in total. The number of carbonyl (C=O) groups is 1. The third kappa shape index (κ3) is 6.11. The zero-order chi connectivity index (χ0) is 19.2. The number of benzene rings is 2. The van der Waals surface area contributed by atoms with Crippen LogP contribution in [0.15, 0.2) is 42.5 Å². The number of amides is 2. The number of carbonyl (C=O) groups excluding carboxylic acids is 1. The van der Waals surface area contributed by atoms with Crippen molar-refractivity contribution >= 4 is 34.9 Å². The summed E-state index contributed by atoms with van der Waals surface area (Å²) in [6, 6.07) is 12.8. The Balaban J connectivity index is 1.70. The number of rotatable bonds is 6. The van der Waals surface area contributed by atoms with Crippen LogP contribution in [0.2, 0.25) is 10.0 Å². The first kappa shape index (κ1) is 20.4. The quantitative estimate of drug-likeness (QED) is 0.600. The lowest BCUT2D eigenvalue weighted by atomic mass is 9.87. The predicted molar refractivity (Wildman–Crippen MR) is 109 cm³/mol. The molecule has 0 bridgehead atoms. The molecule has 0 heterocycles. The smallest absolute Gasteiger partial charge is 0.319 e. The largest absolute Gasteiger partial charge is 0.494 e. The Labute approximate surface area is 164 Å². The van der Waals surface area contributed by atoms with E-state index in [2.05, 4.69) is 43.5 Å². The molecule has 0 spiro atoms. The van der Waals surface area contributed by atoms with Gasteiger partial charge >= 0.3 is 6.03 Å². The van der Waals surface area contributed by atoms with Crippen molar-refractivity contribution in [2.24, 2.45) is 0 Å². The first-order chi connectivity index (χ1) is 12.3. The van der Waals surface area contributed by atoms with Gasteiger partial charge in [-0.2, -0.15) is 0 Å². The Morgan fingerprint density at radius 2 is 1.65 bits per heavy atom. The molecule has 0 saturated carbocycles. The van der Waals surface area contributed by atoms with E-state index in [1.165, 1.54) is 5.56 Å². The summed E-state index contributed by atoms with van der Waals surface area (Å²) in [5.41, 5.74) is 1.80. The van der Waals surface area contributed by atoms with Crippen molar-refractivity contribution in [3.8, 4) is 5.75 Å². The first-order valence-corrected chi connectivity index (χ1v) is 9.25. The van der Waals surface area contributed by atoms with E-state index < -0.39 is 0 Å². The van der Waals surface area contributed by atoms with Gasteiger partial charge in [0.15, 0.2) is 0 Å². The summed E-state index contributed by atoms with van der Waals surface area (Å²) >= 11 is 12.0. The van der Waals surface area contributed by atoms with Gasteiger partial charge in [0.25, 0.3) is 0 Å². The van der Waals surface area contributed by atoms with Crippen LogP contribution in [-0.4, -0.2) is 19.2 Å². The van der Waals surface area contributed by atoms with Gasteiger partial charge in [-0.25, -0.2) is 4.79 Å². The predicted octanol–water partition coefficient (Wildman–Crippen LogP) is 5.88. The number of ether oxygens (including phenoxy) is 1. The second kappa shape index (κ2) is 9.15. The lowest BCUT2D eigenvalue weighted by Crippen LogP contribution is -2.30. The topological polar surface area (TPSA) is 50.4 Å². The Morgan fingerprint density at radius 1 is 1.04 bits per heavy atom. The number of hydrogen-bond acceptors (Lipinski definition) is 2. The van der Waals surface area contributed by atoms with Crippen LogP contribution >= 0.6 is 23.2 Å². The zero-order valence-electron chi connectivity index (χ0n) is 15.2. The molecule has 0 aliphatic carbocycles. The normalized spacial score (nSPS) is 11.1. The molecular weight excluding hydrogens is 371 g/mol. The number of para-hydroxylation sites is 1. The minimum absolute atomic E-state index is 0.125. The third-order valence-electron chi connectivity index (χ3n) is 3.80. The molecule has 2 amide bonds. The van der Waals surface area contributed by atoms with Crippen molar-refractivity contribution < 1.29 is 9.53 Å². The van der Waals surface area contributed by atoms with Crippen LogP contribution in [0.4, 0.5) is 10.5 Å². The molecule has 0 fully saturated rings. The van der Waals surface area contributed by atoms with Gasteiger partial charge in [0, 0.05) is 6.54 Å². The van der Waals surface area contributed by atoms with Crippen molar-refractivity contribution in [1.29, 1.82) is 0 Å². The van der Waals surface area contributed by atoms with E-state index in [4.69, 9.17) is 27.9 Å². The summed E-state index contributed by atoms with van der Waals surface area (Å²) in [6.45, 7) is 7.52. The van der Waals surface area contributed by atoms with Gasteiger partial charge in [0.2, 0.25) is 0 Å². The van der Waals surface area contributed by atoms with Gasteiger partial charge < -0.3 is 15.4 Å². The molecule has 0 unspecified atom stereocenters. The molecule has 2 aromatic carbocycles. The van der Waals surface area contributed by atoms with Gasteiger partial charge in [0.05, 0.1) is 22.3 Å². The monoisotopic (exact) mass is 394 g/mol. The fourth-order valence-corrected chi connectivity index (χ4v) is 2.78. The van der Waals surface area contributed by atoms with Gasteiger partial charge in [-0.15, -0.1) is 0 Å². The van der Waals surface area contributed by atoms with Crippen LogP contribution in [0.1, 0.15) is 32.8 Å². The van der Waals surface area contributed by atoms with Crippen molar-refractivity contribution in [2.75, 3.05) is 18.5 Å². The highest BCUT2D eigenvalue weighted by Gasteiger charge is 2.13. The highest BCUT2D eigenvalue weighted by molar-refractivity contribution is 6.39. The summed E-state index contributed by atoms with van der Waals surface area (Å²) in [4.78, 5) is 11.9. The second-order valence-corrected chi connectivity index (χ2v) is 7.77. The first-order valence-electron chi connectivity index (χ1n) is 8.49. The van der Waals surface area contributed by atoms with E-state index in [0.717, 1.165) is 5.75 Å². The molecule has 0 atom stereocenters. The number of nitrogens with one attached hydrogen (secondary N) is 2. The number of urea groups is 1. The third-order valence-corrected chi connectivity index (χ3v) is 4.43. The summed E-state index contributed by atoms with van der Waals surface area (Å²) in [5.74, 6) is 0.824. The Morgan fingerprint density at radius 3 is 2.23 bits per heavy atom. The second-order valence-electron chi connectivity index (χ2n) is 6.95. The number of hydrogen-bond donors (Lipinski definition) is 2. The number of halogens is 2. The van der Waals surface area contributed by atoms with E-state index in [1.807, 2.05) is 12.1 Å². The average molecular weight is 395 g/mol. The fraction of sp³-hybridized carbons (Fsp3) is 0.350. The van der Waals surface area contributed by atoms with Crippen LogP contribution in [0.3, 0.4) is 0 Å². The minimum atomic E-state index is -0.352. The average Bonchev–Trinajstić information content (AvgIpc) is 2.57. The molecule has 2 N–H and O–H groups in total. The Kier molecular flexibility index (Phi) is 7.18. The van der Waals surface area contributed by atoms with Gasteiger partial charge in [0.1, 0.15) is 5.75 Å². The summed E-state index contributed by atoms with van der Waals surface area (Å²) in [7, 11) is 0. The molecule has 26 heavy (non-hydrogen) atoms. The van der Waals surface area contributed by atoms with Crippen LogP contribution in [0.25, 0.3) is 0 Å². The van der Waals surface area contributed by atoms with Crippen LogP contribution in [0.5, 0.6) is 5.75 Å². The lowest BCUT2D eigenvalue weighted by Gasteiger charge is -2.19. The maximum atomic E-state index is 11.9. The molecule has 0 saturated heterocycles. The van der Waals surface area contributed by atoms with Crippen LogP contribution < -0.4 is 15.4 Å². The van der Waals surface area contributed by atoms with Crippen molar-refractivity contribution in [2.45, 2.75) is 32.6 Å². The summed E-state index contributed by atoms with van der Waals surface area (Å²) < 4.78 is 5.70. The molecule has 140 valence electrons. The van der Waals surface area contributed by atoms with Crippen molar-refractivity contribution in [3.63, 3.8) is 0 Å². The SMILES string of the molecule is CC(C)(C)c1ccc(OCCCNC(=O)Nc2c(Cl)cccc2Cl)cc1. The Hall–Kier alpha value is -1.91. The maximum Gasteiger partial charge on any atom is 0.319 e. The van der Waals surface area contributed by atoms with E-state index in [0.29, 0.717) is 35.3 Å². The molecule has 0 aliphatic heterocycles. The van der Waals surface area contributed by atoms with Gasteiger partial charge in [-0.1, -0.05) is 62.2 Å². The van der Waals surface area contributed by atoms with Crippen molar-refractivity contribution in [1.82, 2.24) is 5.32 Å². The molecule has 2 aromatic rings. The molecular formula is C20H24Cl2N2O2. The van der Waals surface area contributed by atoms with Gasteiger partial charge in [-0.3, -0.25) is 0 Å². The fourth-order valence-electron chi connectivity index (χ4n) is 2.29. The van der Waals surface area contributed by atoms with Crippen LogP contribution in [0, 0.1) is 0 Å². The molecule has 0 radical (unpaired) electrons. The highest BCUT2D eigenvalue weighted by atomic mass is 35.5. The number of anilines is 1. The maximum absolute atomic E-state index is 11.9. The van der Waals surface area contributed by atoms with E-state index in [-0.39, 0.29) is 11.4 Å². The van der Waals surface area contributed by atoms with Crippen molar-refractivity contribution in [3.05, 3.63) is 58.1 Å². The molecule has 2 rings (SSSR count). The van der Waals surface area contributed by atoms with Gasteiger partial charge in [-0.05, 0) is 41.7 Å². The highest BCUT2D eigenvalue weighted by Crippen LogP contribution is 2.29. The molecule has 0 aromatic heterocycles. The molecule has 0 aliphatic rings. The Bertz CT molecular complexity index is 720. The molecule has 6 heteroatoms. The zero-order valence-corrected chi connectivity index (χ0v) is 16.7. The van der Waals surface area contributed by atoms with Crippen LogP contribution in [-0.2, 0) is 5.41 Å². The lowest BCUT2D eigenvalue weighted by molar-refractivity contribution is 0.250. The van der Waals surface area contributed by atoms with E-state index in [1.54, 1.807) is 18.2 Å². The summed E-state index contributed by atoms with van der Waals surface area (Å²) in [6.07, 6.45) is 0.685. The summed E-state index contributed by atoms with van der Waals surface area (Å²) in [5, 5.41) is 6.20. The standard InChI is InChI=1S/C20H24Cl2N2O2/c1-20(2,3)14-8-10-15(11-9-14)26-13-5-12-23-19(25)24-18-16(21)6-4-7-17(18)22/h4,6-11H,5,12-13H2,1-3H3,(H2,23,24,25). The minimum Gasteiger partial charge on any atom is -0.494 e. The van der Waals surface area contributed by atoms with E-state index in [9.17, 15) is 4.79 Å². The van der Waals surface area contributed by atoms with E-state index >= 15 is 0 Å².